The van der Waals surface area contributed by atoms with Gasteiger partial charge in [0.1, 0.15) is 5.75 Å². The van der Waals surface area contributed by atoms with Crippen LogP contribution in [0.3, 0.4) is 0 Å². The molecule has 4 rings (SSSR count). The third-order valence-electron chi connectivity index (χ3n) is 6.70. The Hall–Kier alpha value is -3.07. The normalized spacial score (nSPS) is 18.2. The van der Waals surface area contributed by atoms with Gasteiger partial charge in [-0.15, -0.1) is 0 Å². The second kappa shape index (κ2) is 10.0. The Bertz CT molecular complexity index is 1040. The Balaban J connectivity index is 1.44. The zero-order valence-corrected chi connectivity index (χ0v) is 19.3. The van der Waals surface area contributed by atoms with Crippen LogP contribution < -0.4 is 4.74 Å². The van der Waals surface area contributed by atoms with Crippen LogP contribution in [0.4, 0.5) is 0 Å². The van der Waals surface area contributed by atoms with Crippen LogP contribution >= 0.6 is 0 Å². The quantitative estimate of drug-likeness (QED) is 0.390. The topological polar surface area (TPSA) is 35.5 Å². The molecule has 32 heavy (non-hydrogen) atoms. The Morgan fingerprint density at radius 2 is 1.34 bits per heavy atom. The lowest BCUT2D eigenvalue weighted by Crippen LogP contribution is -2.12. The van der Waals surface area contributed by atoms with Gasteiger partial charge in [0, 0.05) is 0 Å². The van der Waals surface area contributed by atoms with Gasteiger partial charge >= 0.3 is 5.97 Å². The molecule has 0 radical (unpaired) electrons. The van der Waals surface area contributed by atoms with Gasteiger partial charge in [0.2, 0.25) is 0 Å². The highest BCUT2D eigenvalue weighted by Gasteiger charge is 2.19. The maximum absolute atomic E-state index is 11.3. The summed E-state index contributed by atoms with van der Waals surface area (Å²) in [5.41, 5.74) is 7.25. The second-order valence-electron chi connectivity index (χ2n) is 9.00. The van der Waals surface area contributed by atoms with E-state index in [9.17, 15) is 4.79 Å². The molecule has 0 saturated heterocycles. The molecule has 0 N–H and O–H groups in total. The van der Waals surface area contributed by atoms with Crippen molar-refractivity contribution in [2.24, 2.45) is 5.92 Å². The fraction of sp³-hybridized carbons (Fsp3) is 0.345. The Labute approximate surface area is 191 Å². The van der Waals surface area contributed by atoms with Crippen molar-refractivity contribution >= 4 is 5.97 Å². The summed E-state index contributed by atoms with van der Waals surface area (Å²) in [7, 11) is 1.36. The summed E-state index contributed by atoms with van der Waals surface area (Å²) in [5, 5.41) is 0. The van der Waals surface area contributed by atoms with Crippen LogP contribution in [0.5, 0.6) is 5.75 Å². The van der Waals surface area contributed by atoms with Crippen molar-refractivity contribution in [3.05, 3.63) is 77.9 Å². The minimum Gasteiger partial charge on any atom is -0.482 e. The van der Waals surface area contributed by atoms with Gasteiger partial charge in [-0.25, -0.2) is 4.79 Å². The predicted molar refractivity (Wildman–Crippen MR) is 130 cm³/mol. The summed E-state index contributed by atoms with van der Waals surface area (Å²) in [6.45, 7) is 4.28. The van der Waals surface area contributed by atoms with E-state index in [0.29, 0.717) is 5.75 Å². The molecular weight excluding hydrogens is 396 g/mol. The SMILES string of the molecule is COC(=O)COc1ccc(-c2ccc(-c3ccc(C4CCC(C)CC4)cc3)cc2)cc1C. The molecule has 1 aliphatic rings. The van der Waals surface area contributed by atoms with Gasteiger partial charge in [-0.3, -0.25) is 0 Å². The predicted octanol–water partition coefficient (Wildman–Crippen LogP) is 7.17. The van der Waals surface area contributed by atoms with E-state index in [4.69, 9.17) is 4.74 Å². The highest BCUT2D eigenvalue weighted by Crippen LogP contribution is 2.36. The van der Waals surface area contributed by atoms with Crippen LogP contribution in [-0.4, -0.2) is 19.7 Å². The molecule has 1 saturated carbocycles. The molecule has 3 aromatic carbocycles. The first-order chi connectivity index (χ1) is 15.5. The highest BCUT2D eigenvalue weighted by molar-refractivity contribution is 5.72. The van der Waals surface area contributed by atoms with E-state index in [1.54, 1.807) is 0 Å². The van der Waals surface area contributed by atoms with Crippen molar-refractivity contribution < 1.29 is 14.3 Å². The maximum atomic E-state index is 11.3. The van der Waals surface area contributed by atoms with Gasteiger partial charge in [-0.1, -0.05) is 74.4 Å². The van der Waals surface area contributed by atoms with E-state index in [2.05, 4.69) is 66.3 Å². The zero-order chi connectivity index (χ0) is 22.5. The molecule has 3 aromatic rings. The van der Waals surface area contributed by atoms with Gasteiger partial charge in [-0.2, -0.15) is 0 Å². The molecule has 1 fully saturated rings. The molecule has 0 aromatic heterocycles. The van der Waals surface area contributed by atoms with Crippen molar-refractivity contribution in [2.45, 2.75) is 45.4 Å². The summed E-state index contributed by atoms with van der Waals surface area (Å²) in [5.74, 6) is 1.93. The molecule has 3 nitrogen and oxygen atoms in total. The Morgan fingerprint density at radius 1 is 0.812 bits per heavy atom. The lowest BCUT2D eigenvalue weighted by atomic mass is 9.79. The zero-order valence-electron chi connectivity index (χ0n) is 19.3. The number of carbonyl (C=O) groups is 1. The molecule has 0 amide bonds. The summed E-state index contributed by atoms with van der Waals surface area (Å²) < 4.78 is 10.2. The first-order valence-corrected chi connectivity index (χ1v) is 11.5. The van der Waals surface area contributed by atoms with Crippen molar-refractivity contribution in [2.75, 3.05) is 13.7 Å². The molecule has 166 valence electrons. The second-order valence-corrected chi connectivity index (χ2v) is 9.00. The minimum absolute atomic E-state index is 0.0793. The molecule has 1 aliphatic carbocycles. The highest BCUT2D eigenvalue weighted by atomic mass is 16.6. The van der Waals surface area contributed by atoms with Gasteiger partial charge in [0.05, 0.1) is 7.11 Å². The Morgan fingerprint density at radius 3 is 1.91 bits per heavy atom. The van der Waals surface area contributed by atoms with Crippen LogP contribution in [0.25, 0.3) is 22.3 Å². The van der Waals surface area contributed by atoms with Crippen LogP contribution in [0.15, 0.2) is 66.7 Å². The third-order valence-corrected chi connectivity index (χ3v) is 6.70. The number of hydrogen-bond donors (Lipinski definition) is 0. The van der Waals surface area contributed by atoms with Gasteiger partial charge in [0.15, 0.2) is 6.61 Å². The third kappa shape index (κ3) is 5.21. The fourth-order valence-electron chi connectivity index (χ4n) is 4.58. The van der Waals surface area contributed by atoms with E-state index in [0.717, 1.165) is 28.5 Å². The molecule has 0 atom stereocenters. The fourth-order valence-corrected chi connectivity index (χ4v) is 4.58. The average molecular weight is 429 g/mol. The molecule has 0 aliphatic heterocycles. The molecule has 0 heterocycles. The van der Waals surface area contributed by atoms with E-state index in [1.807, 2.05) is 19.1 Å². The largest absolute Gasteiger partial charge is 0.482 e. The monoisotopic (exact) mass is 428 g/mol. The smallest absolute Gasteiger partial charge is 0.343 e. The summed E-state index contributed by atoms with van der Waals surface area (Å²) in [6.07, 6.45) is 5.35. The summed E-state index contributed by atoms with van der Waals surface area (Å²) in [6, 6.07) is 23.9. The van der Waals surface area contributed by atoms with Crippen molar-refractivity contribution in [3.8, 4) is 28.0 Å². The molecule has 0 unspecified atom stereocenters. The molecule has 0 bridgehead atoms. The average Bonchev–Trinajstić information content (AvgIpc) is 2.84. The number of rotatable bonds is 6. The first-order valence-electron chi connectivity index (χ1n) is 11.5. The first kappa shape index (κ1) is 22.1. The van der Waals surface area contributed by atoms with Crippen LogP contribution in [0.1, 0.15) is 49.7 Å². The van der Waals surface area contributed by atoms with Crippen LogP contribution in [0, 0.1) is 12.8 Å². The van der Waals surface area contributed by atoms with Gasteiger partial charge < -0.3 is 9.47 Å². The number of benzene rings is 3. The lowest BCUT2D eigenvalue weighted by Gasteiger charge is -2.26. The summed E-state index contributed by atoms with van der Waals surface area (Å²) >= 11 is 0. The Kier molecular flexibility index (Phi) is 6.94. The number of ether oxygens (including phenoxy) is 2. The number of carbonyl (C=O) groups excluding carboxylic acids is 1. The van der Waals surface area contributed by atoms with Crippen LogP contribution in [0.2, 0.25) is 0 Å². The number of hydrogen-bond acceptors (Lipinski definition) is 3. The number of methoxy groups -OCH3 is 1. The van der Waals surface area contributed by atoms with E-state index < -0.39 is 0 Å². The van der Waals surface area contributed by atoms with E-state index >= 15 is 0 Å². The molecule has 0 spiro atoms. The van der Waals surface area contributed by atoms with Crippen molar-refractivity contribution in [1.29, 1.82) is 0 Å². The van der Waals surface area contributed by atoms with Gasteiger partial charge in [-0.05, 0) is 77.1 Å². The minimum atomic E-state index is -0.384. The number of aryl methyl sites for hydroxylation is 1. The summed E-state index contributed by atoms with van der Waals surface area (Å²) in [4.78, 5) is 11.3. The van der Waals surface area contributed by atoms with Crippen LogP contribution in [-0.2, 0) is 9.53 Å². The van der Waals surface area contributed by atoms with E-state index in [-0.39, 0.29) is 12.6 Å². The standard InChI is InChI=1S/C29H32O3/c1-20-4-6-22(7-5-20)23-8-10-24(11-9-23)25-12-14-26(15-13-25)27-16-17-28(21(2)18-27)32-19-29(30)31-3/h8-18,20,22H,4-7,19H2,1-3H3. The molecular formula is C29H32O3. The molecule has 3 heteroatoms. The van der Waals surface area contributed by atoms with Gasteiger partial charge in [0.25, 0.3) is 0 Å². The van der Waals surface area contributed by atoms with Crippen molar-refractivity contribution in [3.63, 3.8) is 0 Å². The maximum Gasteiger partial charge on any atom is 0.343 e. The van der Waals surface area contributed by atoms with E-state index in [1.165, 1.54) is 49.5 Å². The van der Waals surface area contributed by atoms with Crippen molar-refractivity contribution in [1.82, 2.24) is 0 Å². The number of esters is 1. The lowest BCUT2D eigenvalue weighted by molar-refractivity contribution is -0.142.